The van der Waals surface area contributed by atoms with E-state index in [1.165, 1.54) is 23.8 Å². The number of ether oxygens (including phenoxy) is 1. The van der Waals surface area contributed by atoms with Crippen molar-refractivity contribution in [2.24, 2.45) is 0 Å². The Morgan fingerprint density at radius 2 is 1.83 bits per heavy atom. The first-order valence-corrected chi connectivity index (χ1v) is 7.68. The zero-order valence-corrected chi connectivity index (χ0v) is 13.3. The molecule has 4 heteroatoms. The third kappa shape index (κ3) is 4.81. The molecular weight excluding hydrogens is 295 g/mol. The maximum Gasteiger partial charge on any atom is 0.311 e. The number of carboxylic acid groups (broad SMARTS) is 1. The summed E-state index contributed by atoms with van der Waals surface area (Å²) in [5.74, 6) is -1.06. The summed E-state index contributed by atoms with van der Waals surface area (Å²) in [5.41, 5.74) is 1.62. The lowest BCUT2D eigenvalue weighted by molar-refractivity contribution is -0.139. The number of aliphatic carboxylic acids is 1. The number of rotatable bonds is 7. The van der Waals surface area contributed by atoms with E-state index in [0.717, 1.165) is 5.75 Å². The fourth-order valence-corrected chi connectivity index (χ4v) is 2.41. The smallest absolute Gasteiger partial charge is 0.311 e. The van der Waals surface area contributed by atoms with Gasteiger partial charge in [0, 0.05) is 0 Å². The molecule has 0 radical (unpaired) electrons. The number of carbonyl (C=O) groups is 1. The molecule has 0 aliphatic heterocycles. The molecule has 1 unspecified atom stereocenters. The van der Waals surface area contributed by atoms with E-state index in [9.17, 15) is 14.3 Å². The second kappa shape index (κ2) is 7.77. The normalized spacial score (nSPS) is 12.2. The van der Waals surface area contributed by atoms with E-state index in [1.807, 2.05) is 24.3 Å². The highest BCUT2D eigenvalue weighted by Gasteiger charge is 2.20. The number of halogens is 1. The average molecular weight is 316 g/mol. The summed E-state index contributed by atoms with van der Waals surface area (Å²) in [5, 5.41) is 9.35. The maximum atomic E-state index is 13.3. The summed E-state index contributed by atoms with van der Waals surface area (Å²) in [6.45, 7) is 4.46. The van der Waals surface area contributed by atoms with Crippen LogP contribution in [0.3, 0.4) is 0 Å². The highest BCUT2D eigenvalue weighted by molar-refractivity contribution is 5.76. The fourth-order valence-electron chi connectivity index (χ4n) is 2.41. The average Bonchev–Trinajstić information content (AvgIpc) is 2.51. The molecule has 0 fully saturated rings. The van der Waals surface area contributed by atoms with Gasteiger partial charge in [-0.05, 0) is 47.7 Å². The van der Waals surface area contributed by atoms with Crippen LogP contribution in [0.1, 0.15) is 43.2 Å². The van der Waals surface area contributed by atoms with Crippen LogP contribution >= 0.6 is 0 Å². The Kier molecular flexibility index (Phi) is 5.74. The van der Waals surface area contributed by atoms with Crippen molar-refractivity contribution in [2.75, 3.05) is 6.61 Å². The molecule has 1 atom stereocenters. The van der Waals surface area contributed by atoms with Crippen LogP contribution in [0.25, 0.3) is 0 Å². The van der Waals surface area contributed by atoms with Gasteiger partial charge in [0.05, 0.1) is 12.5 Å². The molecule has 0 amide bonds. The van der Waals surface area contributed by atoms with Gasteiger partial charge in [0.25, 0.3) is 0 Å². The van der Waals surface area contributed by atoms with Crippen molar-refractivity contribution < 1.29 is 19.0 Å². The highest BCUT2D eigenvalue weighted by atomic mass is 19.1. The van der Waals surface area contributed by atoms with E-state index < -0.39 is 17.7 Å². The molecule has 0 aromatic heterocycles. The van der Waals surface area contributed by atoms with Gasteiger partial charge in [-0.1, -0.05) is 38.1 Å². The Balaban J connectivity index is 2.00. The molecule has 0 spiro atoms. The molecule has 2 aromatic rings. The molecule has 0 aliphatic carbocycles. The van der Waals surface area contributed by atoms with E-state index in [0.29, 0.717) is 11.5 Å². The summed E-state index contributed by atoms with van der Waals surface area (Å²) in [4.78, 5) is 11.4. The van der Waals surface area contributed by atoms with Gasteiger partial charge in [-0.15, -0.1) is 0 Å². The van der Waals surface area contributed by atoms with Crippen LogP contribution in [-0.4, -0.2) is 17.7 Å². The molecule has 0 heterocycles. The van der Waals surface area contributed by atoms with Gasteiger partial charge in [-0.2, -0.15) is 0 Å². The van der Waals surface area contributed by atoms with Crippen molar-refractivity contribution in [1.29, 1.82) is 0 Å². The van der Waals surface area contributed by atoms with Gasteiger partial charge >= 0.3 is 5.97 Å². The first-order chi connectivity index (χ1) is 11.0. The minimum Gasteiger partial charge on any atom is -0.494 e. The lowest BCUT2D eigenvalue weighted by Gasteiger charge is -2.14. The number of hydrogen-bond donors (Lipinski definition) is 1. The van der Waals surface area contributed by atoms with Crippen LogP contribution < -0.4 is 4.74 Å². The third-order valence-corrected chi connectivity index (χ3v) is 3.75. The van der Waals surface area contributed by atoms with E-state index in [2.05, 4.69) is 13.8 Å². The third-order valence-electron chi connectivity index (χ3n) is 3.75. The SMILES string of the molecule is CC(C)c1cccc(OCCC(C(=O)O)c2cccc(F)c2)c1. The molecule has 2 aromatic carbocycles. The Hall–Kier alpha value is -2.36. The van der Waals surface area contributed by atoms with Crippen LogP contribution in [0.5, 0.6) is 5.75 Å². The molecule has 0 saturated heterocycles. The number of benzene rings is 2. The van der Waals surface area contributed by atoms with Crippen LogP contribution in [0.2, 0.25) is 0 Å². The molecule has 0 saturated carbocycles. The molecule has 3 nitrogen and oxygen atoms in total. The summed E-state index contributed by atoms with van der Waals surface area (Å²) in [6.07, 6.45) is 0.282. The molecule has 1 N–H and O–H groups in total. The molecule has 0 aliphatic rings. The van der Waals surface area contributed by atoms with Crippen molar-refractivity contribution in [3.8, 4) is 5.75 Å². The minimum absolute atomic E-state index is 0.259. The molecule has 122 valence electrons. The van der Waals surface area contributed by atoms with Gasteiger partial charge < -0.3 is 9.84 Å². The van der Waals surface area contributed by atoms with Gasteiger partial charge in [0.2, 0.25) is 0 Å². The standard InChI is InChI=1S/C19H21FO3/c1-13(2)14-5-4-8-17(12-14)23-10-9-18(19(21)22)15-6-3-7-16(20)11-15/h3-8,11-13,18H,9-10H2,1-2H3,(H,21,22). The predicted octanol–water partition coefficient (Wildman–Crippen LogP) is 4.59. The summed E-state index contributed by atoms with van der Waals surface area (Å²) in [7, 11) is 0. The highest BCUT2D eigenvalue weighted by Crippen LogP contribution is 2.23. The van der Waals surface area contributed by atoms with E-state index in [4.69, 9.17) is 4.74 Å². The predicted molar refractivity (Wildman–Crippen MR) is 87.4 cm³/mol. The Bertz CT molecular complexity index is 667. The lowest BCUT2D eigenvalue weighted by Crippen LogP contribution is -2.15. The number of hydrogen-bond acceptors (Lipinski definition) is 2. The van der Waals surface area contributed by atoms with E-state index in [1.54, 1.807) is 6.07 Å². The zero-order chi connectivity index (χ0) is 16.8. The Morgan fingerprint density at radius 1 is 1.13 bits per heavy atom. The molecule has 0 bridgehead atoms. The van der Waals surface area contributed by atoms with Crippen LogP contribution in [0, 0.1) is 5.82 Å². The topological polar surface area (TPSA) is 46.5 Å². The van der Waals surface area contributed by atoms with Crippen molar-refractivity contribution in [3.63, 3.8) is 0 Å². The van der Waals surface area contributed by atoms with Crippen molar-refractivity contribution in [2.45, 2.75) is 32.1 Å². The quantitative estimate of drug-likeness (QED) is 0.813. The minimum atomic E-state index is -0.977. The Labute approximate surface area is 135 Å². The van der Waals surface area contributed by atoms with E-state index in [-0.39, 0.29) is 13.0 Å². The maximum absolute atomic E-state index is 13.3. The lowest BCUT2D eigenvalue weighted by atomic mass is 9.96. The van der Waals surface area contributed by atoms with Crippen molar-refractivity contribution in [3.05, 3.63) is 65.5 Å². The van der Waals surface area contributed by atoms with Gasteiger partial charge in [0.15, 0.2) is 0 Å². The van der Waals surface area contributed by atoms with E-state index >= 15 is 0 Å². The molecular formula is C19H21FO3. The first-order valence-electron chi connectivity index (χ1n) is 7.68. The second-order valence-electron chi connectivity index (χ2n) is 5.81. The first kappa shape index (κ1) is 17.0. The zero-order valence-electron chi connectivity index (χ0n) is 13.3. The largest absolute Gasteiger partial charge is 0.494 e. The number of carboxylic acids is 1. The van der Waals surface area contributed by atoms with Crippen LogP contribution in [-0.2, 0) is 4.79 Å². The van der Waals surface area contributed by atoms with Crippen molar-refractivity contribution >= 4 is 5.97 Å². The van der Waals surface area contributed by atoms with Crippen molar-refractivity contribution in [1.82, 2.24) is 0 Å². The Morgan fingerprint density at radius 3 is 2.48 bits per heavy atom. The fraction of sp³-hybridized carbons (Fsp3) is 0.316. The summed E-state index contributed by atoms with van der Waals surface area (Å²) < 4.78 is 18.9. The van der Waals surface area contributed by atoms with Crippen LogP contribution in [0.4, 0.5) is 4.39 Å². The van der Waals surface area contributed by atoms with Gasteiger partial charge in [0.1, 0.15) is 11.6 Å². The second-order valence-corrected chi connectivity index (χ2v) is 5.81. The van der Waals surface area contributed by atoms with Gasteiger partial charge in [-0.3, -0.25) is 4.79 Å². The monoisotopic (exact) mass is 316 g/mol. The molecule has 23 heavy (non-hydrogen) atoms. The van der Waals surface area contributed by atoms with Crippen LogP contribution in [0.15, 0.2) is 48.5 Å². The summed E-state index contributed by atoms with van der Waals surface area (Å²) >= 11 is 0. The summed E-state index contributed by atoms with van der Waals surface area (Å²) in [6, 6.07) is 13.5. The molecule has 2 rings (SSSR count). The van der Waals surface area contributed by atoms with Gasteiger partial charge in [-0.25, -0.2) is 4.39 Å².